The number of nitrogens with two attached hydrogens (primary N) is 1. The van der Waals surface area contributed by atoms with E-state index in [0.717, 1.165) is 49.4 Å². The Morgan fingerprint density at radius 1 is 1.14 bits per heavy atom. The fourth-order valence-electron chi connectivity index (χ4n) is 6.31. The number of methoxy groups -OCH3 is 1. The van der Waals surface area contributed by atoms with Crippen LogP contribution in [0.3, 0.4) is 0 Å². The van der Waals surface area contributed by atoms with Gasteiger partial charge in [-0.2, -0.15) is 13.2 Å². The molecule has 3 aliphatic rings. The molecule has 2 saturated heterocycles. The summed E-state index contributed by atoms with van der Waals surface area (Å²) in [6, 6.07) is 12.5. The molecular formula is C32H40F3N5O3. The van der Waals surface area contributed by atoms with Crippen molar-refractivity contribution in [3.63, 3.8) is 0 Å². The van der Waals surface area contributed by atoms with Crippen LogP contribution in [0.15, 0.2) is 48.7 Å². The SMILES string of the molecule is CCOc1ncccc1-c1ccc2c(n1)CNCC21CCN(c2cccc(OC)c2C(F)(F)F)CC1.NC[C@H]1CCCO1. The van der Waals surface area contributed by atoms with Gasteiger partial charge in [-0.25, -0.2) is 4.98 Å². The number of alkyl halides is 3. The van der Waals surface area contributed by atoms with Crippen molar-refractivity contribution >= 4 is 5.69 Å². The van der Waals surface area contributed by atoms with Crippen LogP contribution < -0.4 is 25.4 Å². The minimum atomic E-state index is -4.50. The summed E-state index contributed by atoms with van der Waals surface area (Å²) >= 11 is 0. The highest BCUT2D eigenvalue weighted by Gasteiger charge is 2.43. The van der Waals surface area contributed by atoms with Crippen molar-refractivity contribution in [3.05, 3.63) is 65.5 Å². The number of anilines is 1. The van der Waals surface area contributed by atoms with Crippen molar-refractivity contribution in [2.75, 3.05) is 51.4 Å². The van der Waals surface area contributed by atoms with E-state index in [4.69, 9.17) is 24.9 Å². The number of piperidine rings is 1. The third kappa shape index (κ3) is 6.73. The summed E-state index contributed by atoms with van der Waals surface area (Å²) in [6.45, 7) is 6.49. The molecule has 43 heavy (non-hydrogen) atoms. The number of benzene rings is 1. The molecule has 2 aromatic heterocycles. The lowest BCUT2D eigenvalue weighted by Gasteiger charge is -2.46. The summed E-state index contributed by atoms with van der Waals surface area (Å²) in [5, 5.41) is 3.50. The van der Waals surface area contributed by atoms with Crippen LogP contribution in [0.1, 0.15) is 49.4 Å². The smallest absolute Gasteiger partial charge is 0.421 e. The van der Waals surface area contributed by atoms with Gasteiger partial charge in [-0.3, -0.25) is 4.98 Å². The van der Waals surface area contributed by atoms with E-state index in [1.165, 1.54) is 31.2 Å². The van der Waals surface area contributed by atoms with Crippen LogP contribution in [-0.4, -0.2) is 62.6 Å². The molecule has 1 atom stereocenters. The quantitative estimate of drug-likeness (QED) is 0.393. The van der Waals surface area contributed by atoms with E-state index in [1.807, 2.05) is 30.0 Å². The summed E-state index contributed by atoms with van der Waals surface area (Å²) in [6.07, 6.45) is 1.38. The maximum absolute atomic E-state index is 13.9. The topological polar surface area (TPSA) is 94.8 Å². The fraction of sp³-hybridized carbons (Fsp3) is 0.500. The molecule has 0 unspecified atom stereocenters. The molecule has 232 valence electrons. The van der Waals surface area contributed by atoms with E-state index in [0.29, 0.717) is 44.8 Å². The molecule has 3 aromatic rings. The van der Waals surface area contributed by atoms with E-state index < -0.39 is 11.7 Å². The maximum atomic E-state index is 13.9. The molecule has 3 N–H and O–H groups in total. The van der Waals surface area contributed by atoms with Crippen LogP contribution in [-0.2, 0) is 22.9 Å². The molecule has 2 fully saturated rings. The molecule has 0 aliphatic carbocycles. The Bertz CT molecular complexity index is 1370. The van der Waals surface area contributed by atoms with Crippen molar-refractivity contribution in [1.82, 2.24) is 15.3 Å². The number of nitrogens with one attached hydrogen (secondary N) is 1. The normalized spacial score (nSPS) is 19.4. The molecule has 0 radical (unpaired) electrons. The highest BCUT2D eigenvalue weighted by atomic mass is 19.4. The number of nitrogens with zero attached hydrogens (tertiary/aromatic N) is 3. The zero-order valence-corrected chi connectivity index (χ0v) is 24.8. The fourth-order valence-corrected chi connectivity index (χ4v) is 6.31. The van der Waals surface area contributed by atoms with Crippen LogP contribution in [0, 0.1) is 0 Å². The van der Waals surface area contributed by atoms with Gasteiger partial charge in [0, 0.05) is 50.9 Å². The molecule has 0 amide bonds. The molecular weight excluding hydrogens is 559 g/mol. The van der Waals surface area contributed by atoms with Crippen molar-refractivity contribution in [2.24, 2.45) is 5.73 Å². The van der Waals surface area contributed by atoms with Crippen LogP contribution in [0.4, 0.5) is 18.9 Å². The van der Waals surface area contributed by atoms with Gasteiger partial charge in [-0.05, 0) is 68.5 Å². The molecule has 5 heterocycles. The van der Waals surface area contributed by atoms with E-state index in [1.54, 1.807) is 12.3 Å². The van der Waals surface area contributed by atoms with Crippen molar-refractivity contribution < 1.29 is 27.4 Å². The lowest BCUT2D eigenvalue weighted by Crippen LogP contribution is -2.51. The second-order valence-corrected chi connectivity index (χ2v) is 11.1. The molecule has 8 nitrogen and oxygen atoms in total. The average molecular weight is 600 g/mol. The van der Waals surface area contributed by atoms with Gasteiger partial charge in [0.15, 0.2) is 0 Å². The van der Waals surface area contributed by atoms with Gasteiger partial charge in [-0.15, -0.1) is 0 Å². The van der Waals surface area contributed by atoms with E-state index in [2.05, 4.69) is 16.4 Å². The van der Waals surface area contributed by atoms with Crippen LogP contribution in [0.2, 0.25) is 0 Å². The van der Waals surface area contributed by atoms with Gasteiger partial charge in [0.05, 0.1) is 42.5 Å². The first-order valence-corrected chi connectivity index (χ1v) is 14.9. The van der Waals surface area contributed by atoms with Crippen molar-refractivity contribution in [2.45, 2.75) is 56.8 Å². The summed E-state index contributed by atoms with van der Waals surface area (Å²) < 4.78 is 57.7. The zero-order valence-electron chi connectivity index (χ0n) is 24.8. The minimum absolute atomic E-state index is 0.150. The Morgan fingerprint density at radius 2 is 1.95 bits per heavy atom. The van der Waals surface area contributed by atoms with Crippen LogP contribution in [0.5, 0.6) is 11.6 Å². The lowest BCUT2D eigenvalue weighted by molar-refractivity contribution is -0.138. The first-order valence-electron chi connectivity index (χ1n) is 14.9. The Labute approximate surface area is 250 Å². The van der Waals surface area contributed by atoms with Gasteiger partial charge < -0.3 is 30.2 Å². The number of halogens is 3. The zero-order chi connectivity index (χ0) is 30.5. The number of ether oxygens (including phenoxy) is 3. The van der Waals surface area contributed by atoms with Gasteiger partial charge >= 0.3 is 6.18 Å². The second kappa shape index (κ2) is 13.5. The number of aromatic nitrogens is 2. The minimum Gasteiger partial charge on any atom is -0.496 e. The number of fused-ring (bicyclic) bond motifs is 2. The monoisotopic (exact) mass is 599 g/mol. The first-order chi connectivity index (χ1) is 20.8. The number of hydrogen-bond acceptors (Lipinski definition) is 8. The van der Waals surface area contributed by atoms with Gasteiger partial charge in [0.1, 0.15) is 11.3 Å². The van der Waals surface area contributed by atoms with Gasteiger partial charge in [-0.1, -0.05) is 12.1 Å². The largest absolute Gasteiger partial charge is 0.496 e. The number of pyridine rings is 2. The number of hydrogen-bond donors (Lipinski definition) is 2. The Morgan fingerprint density at radius 3 is 2.60 bits per heavy atom. The molecule has 0 saturated carbocycles. The highest BCUT2D eigenvalue weighted by Crippen LogP contribution is 2.46. The van der Waals surface area contributed by atoms with E-state index >= 15 is 0 Å². The van der Waals surface area contributed by atoms with Gasteiger partial charge in [0.25, 0.3) is 0 Å². The van der Waals surface area contributed by atoms with Crippen molar-refractivity contribution in [3.8, 4) is 22.9 Å². The molecule has 1 spiro atoms. The molecule has 6 rings (SSSR count). The maximum Gasteiger partial charge on any atom is 0.421 e. The molecule has 11 heteroatoms. The first kappa shape index (κ1) is 31.0. The molecule has 3 aliphatic heterocycles. The Balaban J connectivity index is 0.000000463. The Kier molecular flexibility index (Phi) is 9.73. The Hall–Kier alpha value is -3.41. The third-order valence-electron chi connectivity index (χ3n) is 8.49. The average Bonchev–Trinajstić information content (AvgIpc) is 3.56. The summed E-state index contributed by atoms with van der Waals surface area (Å²) in [5.41, 5.74) is 8.38. The molecule has 0 bridgehead atoms. The standard InChI is InChI=1S/C27H29F3N4O2.C5H11NO/c1-3-36-25-18(6-5-13-32-25)20-10-9-19-21(33-20)16-31-17-26(19)11-14-34(15-12-26)22-7-4-8-23(35-2)24(22)27(28,29)30;6-4-5-2-1-3-7-5/h4-10,13,31H,3,11-12,14-17H2,1-2H3;5H,1-4,6H2/t;5-/m.1/s1. The van der Waals surface area contributed by atoms with E-state index in [-0.39, 0.29) is 16.9 Å². The summed E-state index contributed by atoms with van der Waals surface area (Å²) in [5.74, 6) is 0.404. The lowest BCUT2D eigenvalue weighted by atomic mass is 9.70. The second-order valence-electron chi connectivity index (χ2n) is 11.1. The third-order valence-corrected chi connectivity index (χ3v) is 8.49. The highest BCUT2D eigenvalue weighted by molar-refractivity contribution is 5.66. The predicted octanol–water partition coefficient (Wildman–Crippen LogP) is 5.34. The van der Waals surface area contributed by atoms with Gasteiger partial charge in [0.2, 0.25) is 5.88 Å². The summed E-state index contributed by atoms with van der Waals surface area (Å²) in [4.78, 5) is 11.1. The predicted molar refractivity (Wildman–Crippen MR) is 159 cm³/mol. The van der Waals surface area contributed by atoms with Crippen molar-refractivity contribution in [1.29, 1.82) is 0 Å². The summed E-state index contributed by atoms with van der Waals surface area (Å²) in [7, 11) is 1.27. The van der Waals surface area contributed by atoms with Crippen LogP contribution in [0.25, 0.3) is 11.3 Å². The number of rotatable bonds is 6. The van der Waals surface area contributed by atoms with Crippen LogP contribution >= 0.6 is 0 Å². The van der Waals surface area contributed by atoms with E-state index in [9.17, 15) is 13.2 Å². The molecule has 1 aromatic carbocycles.